The molecule has 3 unspecified atom stereocenters. The Kier molecular flexibility index (Phi) is 6.32. The predicted octanol–water partition coefficient (Wildman–Crippen LogP) is 3.30. The van der Waals surface area contributed by atoms with Crippen molar-refractivity contribution in [3.8, 4) is 5.69 Å². The number of rotatable bonds is 6. The van der Waals surface area contributed by atoms with Crippen LogP contribution in [0.3, 0.4) is 0 Å². The largest absolute Gasteiger partial charge is 0.342 e. The van der Waals surface area contributed by atoms with Crippen LogP contribution in [0.2, 0.25) is 5.02 Å². The van der Waals surface area contributed by atoms with Gasteiger partial charge in [-0.15, -0.1) is 0 Å². The van der Waals surface area contributed by atoms with Gasteiger partial charge in [0.15, 0.2) is 0 Å². The third-order valence-corrected chi connectivity index (χ3v) is 6.75. The molecule has 1 saturated heterocycles. The normalized spacial score (nSPS) is 20.3. The molecule has 2 heterocycles. The second kappa shape index (κ2) is 9.58. The van der Waals surface area contributed by atoms with E-state index in [2.05, 4.69) is 10.6 Å². The topological polar surface area (TPSA) is 101 Å². The van der Waals surface area contributed by atoms with E-state index >= 15 is 0 Å². The fourth-order valence-corrected chi connectivity index (χ4v) is 4.51. The van der Waals surface area contributed by atoms with Gasteiger partial charge in [-0.3, -0.25) is 23.7 Å². The summed E-state index contributed by atoms with van der Waals surface area (Å²) in [6.07, 6.45) is 2.38. The van der Waals surface area contributed by atoms with E-state index in [4.69, 9.17) is 11.6 Å². The number of nitrogens with zero attached hydrogens (tertiary/aromatic N) is 2. The Labute approximate surface area is 210 Å². The summed E-state index contributed by atoms with van der Waals surface area (Å²) in [5, 5.41) is 5.75. The Morgan fingerprint density at radius 3 is 2.19 bits per heavy atom. The molecule has 1 aliphatic carbocycles. The highest BCUT2D eigenvalue weighted by Gasteiger charge is 2.63. The zero-order chi connectivity index (χ0) is 25.4. The highest BCUT2D eigenvalue weighted by atomic mass is 35.5. The van der Waals surface area contributed by atoms with Crippen molar-refractivity contribution in [3.63, 3.8) is 0 Å². The Bertz CT molecular complexity index is 1400. The van der Waals surface area contributed by atoms with Crippen LogP contribution >= 0.6 is 11.6 Å². The molecule has 1 aromatic heterocycles. The summed E-state index contributed by atoms with van der Waals surface area (Å²) in [6, 6.07) is 15.0. The molecule has 2 N–H and O–H groups in total. The Hall–Kier alpha value is -3.98. The Morgan fingerprint density at radius 2 is 1.58 bits per heavy atom. The molecule has 0 bridgehead atoms. The number of likely N-dealkylation sites (tertiary alicyclic amines) is 1. The van der Waals surface area contributed by atoms with E-state index in [-0.39, 0.29) is 17.2 Å². The van der Waals surface area contributed by atoms with E-state index < -0.39 is 35.4 Å². The fraction of sp³-hybridized carbons (Fsp3) is 0.231. The molecular formula is C26H22ClFN4O4. The molecule has 10 heteroatoms. The van der Waals surface area contributed by atoms with Crippen molar-refractivity contribution in [1.82, 2.24) is 9.47 Å². The molecule has 1 aliphatic heterocycles. The van der Waals surface area contributed by atoms with Crippen molar-refractivity contribution in [2.75, 3.05) is 23.7 Å². The zero-order valence-corrected chi connectivity index (χ0v) is 19.7. The first-order valence-corrected chi connectivity index (χ1v) is 11.8. The number of aromatic nitrogens is 1. The van der Waals surface area contributed by atoms with Crippen molar-refractivity contribution in [2.45, 2.75) is 6.42 Å². The third-order valence-electron chi connectivity index (χ3n) is 6.50. The van der Waals surface area contributed by atoms with Gasteiger partial charge in [0.2, 0.25) is 17.7 Å². The SMILES string of the molecule is O=C(Nc1ccc(Cl)cc1)C1C(C(=O)Nc2ccc(-n3ccccc3=O)cc2F)C1C(=O)N1CCC1. The molecule has 3 amide bonds. The average molecular weight is 509 g/mol. The van der Waals surface area contributed by atoms with Crippen LogP contribution in [-0.4, -0.2) is 40.3 Å². The Balaban J connectivity index is 1.33. The lowest BCUT2D eigenvalue weighted by molar-refractivity contribution is -0.138. The molecule has 2 fully saturated rings. The van der Waals surface area contributed by atoms with Crippen molar-refractivity contribution in [1.29, 1.82) is 0 Å². The van der Waals surface area contributed by atoms with Crippen LogP contribution in [0.4, 0.5) is 15.8 Å². The van der Waals surface area contributed by atoms with Crippen molar-refractivity contribution in [2.24, 2.45) is 17.8 Å². The third kappa shape index (κ3) is 4.61. The fourth-order valence-electron chi connectivity index (χ4n) is 4.39. The van der Waals surface area contributed by atoms with E-state index in [0.717, 1.165) is 12.5 Å². The number of benzene rings is 2. The lowest BCUT2D eigenvalue weighted by Gasteiger charge is -2.31. The minimum atomic E-state index is -0.929. The van der Waals surface area contributed by atoms with Gasteiger partial charge in [0, 0.05) is 42.1 Å². The van der Waals surface area contributed by atoms with Crippen LogP contribution in [0.5, 0.6) is 0 Å². The minimum Gasteiger partial charge on any atom is -0.342 e. The van der Waals surface area contributed by atoms with Crippen molar-refractivity contribution >= 4 is 40.7 Å². The van der Waals surface area contributed by atoms with Gasteiger partial charge in [0.05, 0.1) is 29.1 Å². The van der Waals surface area contributed by atoms with Crippen LogP contribution in [0.1, 0.15) is 6.42 Å². The number of hydrogen-bond acceptors (Lipinski definition) is 4. The molecule has 3 atom stereocenters. The first kappa shape index (κ1) is 23.7. The summed E-state index contributed by atoms with van der Waals surface area (Å²) in [5.74, 6) is -4.70. The van der Waals surface area contributed by atoms with Crippen LogP contribution in [0, 0.1) is 23.6 Å². The van der Waals surface area contributed by atoms with Gasteiger partial charge < -0.3 is 15.5 Å². The Morgan fingerprint density at radius 1 is 0.889 bits per heavy atom. The molecule has 36 heavy (non-hydrogen) atoms. The van der Waals surface area contributed by atoms with Crippen LogP contribution in [-0.2, 0) is 14.4 Å². The number of hydrogen-bond donors (Lipinski definition) is 2. The van der Waals surface area contributed by atoms with Gasteiger partial charge in [0.25, 0.3) is 5.56 Å². The standard InChI is InChI=1S/C26H22ClFN4O4/c27-15-5-7-16(8-6-15)29-24(34)21-22(23(21)26(36)31-11-3-12-31)25(35)30-19-10-9-17(14-18(19)28)32-13-2-1-4-20(32)33/h1-2,4-10,13-14,21-23H,3,11-12H2,(H,29,34)(H,30,35). The summed E-state index contributed by atoms with van der Waals surface area (Å²) in [4.78, 5) is 52.6. The molecule has 0 spiro atoms. The summed E-state index contributed by atoms with van der Waals surface area (Å²) in [6.45, 7) is 1.17. The maximum absolute atomic E-state index is 14.8. The number of amides is 3. The molecule has 2 aromatic carbocycles. The first-order chi connectivity index (χ1) is 17.3. The number of carbonyl (C=O) groups excluding carboxylic acids is 3. The second-order valence-corrected chi connectivity index (χ2v) is 9.25. The van der Waals surface area contributed by atoms with Gasteiger partial charge in [-0.05, 0) is 48.9 Å². The molecule has 3 aromatic rings. The predicted molar refractivity (Wildman–Crippen MR) is 132 cm³/mol. The van der Waals surface area contributed by atoms with Gasteiger partial charge in [-0.2, -0.15) is 0 Å². The van der Waals surface area contributed by atoms with Crippen LogP contribution in [0.15, 0.2) is 71.7 Å². The number of carbonyl (C=O) groups is 3. The molecule has 0 radical (unpaired) electrons. The van der Waals surface area contributed by atoms with Gasteiger partial charge in [0.1, 0.15) is 5.82 Å². The van der Waals surface area contributed by atoms with Crippen LogP contribution < -0.4 is 16.2 Å². The number of halogens is 2. The first-order valence-electron chi connectivity index (χ1n) is 11.5. The van der Waals surface area contributed by atoms with Crippen molar-refractivity contribution < 1.29 is 18.8 Å². The van der Waals surface area contributed by atoms with Crippen LogP contribution in [0.25, 0.3) is 5.69 Å². The lowest BCUT2D eigenvalue weighted by atomic mass is 10.1. The smallest absolute Gasteiger partial charge is 0.255 e. The van der Waals surface area contributed by atoms with E-state index in [0.29, 0.717) is 29.5 Å². The van der Waals surface area contributed by atoms with E-state index in [1.165, 1.54) is 29.0 Å². The lowest BCUT2D eigenvalue weighted by Crippen LogP contribution is -2.43. The zero-order valence-electron chi connectivity index (χ0n) is 19.0. The molecule has 184 valence electrons. The van der Waals surface area contributed by atoms with Gasteiger partial charge in [-0.1, -0.05) is 17.7 Å². The van der Waals surface area contributed by atoms with Gasteiger partial charge in [-0.25, -0.2) is 4.39 Å². The quantitative estimate of drug-likeness (QED) is 0.533. The molecule has 1 saturated carbocycles. The summed E-state index contributed by atoms with van der Waals surface area (Å²) >= 11 is 5.89. The molecule has 2 aliphatic rings. The highest BCUT2D eigenvalue weighted by molar-refractivity contribution is 6.30. The van der Waals surface area contributed by atoms with E-state index in [1.54, 1.807) is 41.3 Å². The monoisotopic (exact) mass is 508 g/mol. The maximum atomic E-state index is 14.8. The molecule has 5 rings (SSSR count). The maximum Gasteiger partial charge on any atom is 0.255 e. The van der Waals surface area contributed by atoms with Crippen molar-refractivity contribution in [3.05, 3.63) is 88.1 Å². The second-order valence-electron chi connectivity index (χ2n) is 8.81. The van der Waals surface area contributed by atoms with E-state index in [1.807, 2.05) is 0 Å². The molecular weight excluding hydrogens is 487 g/mol. The summed E-state index contributed by atoms with van der Waals surface area (Å²) in [7, 11) is 0. The van der Waals surface area contributed by atoms with E-state index in [9.17, 15) is 23.6 Å². The summed E-state index contributed by atoms with van der Waals surface area (Å²) in [5.41, 5.74) is 0.358. The summed E-state index contributed by atoms with van der Waals surface area (Å²) < 4.78 is 16.1. The van der Waals surface area contributed by atoms with Gasteiger partial charge >= 0.3 is 0 Å². The highest BCUT2D eigenvalue weighted by Crippen LogP contribution is 2.49. The average Bonchev–Trinajstić information content (AvgIpc) is 3.57. The number of anilines is 2. The number of pyridine rings is 1. The molecule has 8 nitrogen and oxygen atoms in total. The number of nitrogens with one attached hydrogen (secondary N) is 2. The minimum absolute atomic E-state index is 0.105.